The van der Waals surface area contributed by atoms with E-state index in [2.05, 4.69) is 5.32 Å². The van der Waals surface area contributed by atoms with Crippen LogP contribution in [0.1, 0.15) is 26.3 Å². The van der Waals surface area contributed by atoms with Crippen molar-refractivity contribution in [1.82, 2.24) is 10.2 Å². The number of nitrogens with one attached hydrogen (secondary N) is 1. The second kappa shape index (κ2) is 12.8. The van der Waals surface area contributed by atoms with Crippen LogP contribution in [0, 0.1) is 0 Å². The van der Waals surface area contributed by atoms with E-state index in [0.717, 1.165) is 10.6 Å². The van der Waals surface area contributed by atoms with Crippen LogP contribution in [0.3, 0.4) is 0 Å². The van der Waals surface area contributed by atoms with Crippen LogP contribution in [-0.2, 0) is 26.2 Å². The van der Waals surface area contributed by atoms with Gasteiger partial charge in [-0.05, 0) is 68.8 Å². The lowest BCUT2D eigenvalue weighted by molar-refractivity contribution is -0.139. The van der Waals surface area contributed by atoms with Gasteiger partial charge in [0.1, 0.15) is 24.1 Å². The van der Waals surface area contributed by atoms with Crippen LogP contribution in [-0.4, -0.2) is 50.0 Å². The topological polar surface area (TPSA) is 96.0 Å². The Morgan fingerprint density at radius 3 is 2.05 bits per heavy atom. The summed E-state index contributed by atoms with van der Waals surface area (Å²) < 4.78 is 32.3. The van der Waals surface area contributed by atoms with Crippen molar-refractivity contribution >= 4 is 39.1 Å². The molecule has 2 amide bonds. The van der Waals surface area contributed by atoms with Gasteiger partial charge < -0.3 is 15.0 Å². The largest absolute Gasteiger partial charge is 0.457 e. The minimum absolute atomic E-state index is 0.0344. The number of hydrogen-bond donors (Lipinski definition) is 1. The number of para-hydroxylation sites is 1. The van der Waals surface area contributed by atoms with Gasteiger partial charge in [-0.15, -0.1) is 0 Å². The molecule has 3 rings (SSSR count). The van der Waals surface area contributed by atoms with E-state index in [9.17, 15) is 18.0 Å². The van der Waals surface area contributed by atoms with Crippen molar-refractivity contribution < 1.29 is 22.7 Å². The first-order valence-electron chi connectivity index (χ1n) is 12.1. The fourth-order valence-corrected chi connectivity index (χ4v) is 4.76. The van der Waals surface area contributed by atoms with Crippen molar-refractivity contribution in [1.29, 1.82) is 0 Å². The predicted octanol–water partition coefficient (Wildman–Crippen LogP) is 4.84. The molecule has 0 aliphatic heterocycles. The highest BCUT2D eigenvalue weighted by molar-refractivity contribution is 7.92. The Morgan fingerprint density at radius 2 is 1.47 bits per heavy atom. The van der Waals surface area contributed by atoms with Crippen LogP contribution in [0.5, 0.6) is 11.5 Å². The van der Waals surface area contributed by atoms with Crippen molar-refractivity contribution in [3.05, 3.63) is 89.4 Å². The Kier molecular flexibility index (Phi) is 9.77. The van der Waals surface area contributed by atoms with Gasteiger partial charge >= 0.3 is 0 Å². The average Bonchev–Trinajstić information content (AvgIpc) is 2.86. The van der Waals surface area contributed by atoms with Crippen LogP contribution in [0.4, 0.5) is 5.69 Å². The Morgan fingerprint density at radius 1 is 0.895 bits per heavy atom. The third kappa shape index (κ3) is 7.97. The maximum atomic E-state index is 13.6. The highest BCUT2D eigenvalue weighted by atomic mass is 35.5. The van der Waals surface area contributed by atoms with Crippen LogP contribution in [0.2, 0.25) is 5.02 Å². The number of anilines is 1. The number of sulfonamides is 1. The standard InChI is InChI=1S/C28H32ClN3O5S/c1-20(2)30-28(34)21(3)31(18-22-10-8-9-13-26(22)29)27(33)19-32(38(4,35)36)23-14-16-25(17-15-23)37-24-11-6-5-7-12-24/h5-17,20-21H,18-19H2,1-4H3,(H,30,34). The maximum Gasteiger partial charge on any atom is 0.244 e. The summed E-state index contributed by atoms with van der Waals surface area (Å²) >= 11 is 6.33. The molecule has 3 aromatic rings. The van der Waals surface area contributed by atoms with Gasteiger partial charge in [-0.1, -0.05) is 48.0 Å². The molecule has 0 aliphatic carbocycles. The zero-order valence-electron chi connectivity index (χ0n) is 21.8. The van der Waals surface area contributed by atoms with Gasteiger partial charge in [0.25, 0.3) is 0 Å². The summed E-state index contributed by atoms with van der Waals surface area (Å²) in [4.78, 5) is 27.8. The lowest BCUT2D eigenvalue weighted by Crippen LogP contribution is -2.52. The number of nitrogens with zero attached hydrogens (tertiary/aromatic N) is 2. The van der Waals surface area contributed by atoms with Crippen molar-refractivity contribution in [2.24, 2.45) is 0 Å². The van der Waals surface area contributed by atoms with E-state index < -0.39 is 28.5 Å². The van der Waals surface area contributed by atoms with Gasteiger partial charge in [-0.3, -0.25) is 13.9 Å². The third-order valence-corrected chi connectivity index (χ3v) is 7.19. The minimum atomic E-state index is -3.85. The van der Waals surface area contributed by atoms with Crippen molar-refractivity contribution in [2.45, 2.75) is 39.4 Å². The summed E-state index contributed by atoms with van der Waals surface area (Å²) in [7, 11) is -3.85. The fraction of sp³-hybridized carbons (Fsp3) is 0.286. The molecule has 0 saturated carbocycles. The Hall–Kier alpha value is -3.56. The van der Waals surface area contributed by atoms with Crippen LogP contribution >= 0.6 is 11.6 Å². The summed E-state index contributed by atoms with van der Waals surface area (Å²) in [6.45, 7) is 4.78. The van der Waals surface area contributed by atoms with E-state index in [1.54, 1.807) is 67.6 Å². The number of carbonyl (C=O) groups is 2. The zero-order chi connectivity index (χ0) is 27.9. The molecule has 0 fully saturated rings. The molecule has 38 heavy (non-hydrogen) atoms. The minimum Gasteiger partial charge on any atom is -0.457 e. The third-order valence-electron chi connectivity index (χ3n) is 5.68. The molecule has 0 bridgehead atoms. The molecule has 8 nitrogen and oxygen atoms in total. The van der Waals surface area contributed by atoms with Crippen LogP contribution in [0.15, 0.2) is 78.9 Å². The molecule has 1 atom stereocenters. The summed E-state index contributed by atoms with van der Waals surface area (Å²) in [5.74, 6) is 0.249. The van der Waals surface area contributed by atoms with Gasteiger partial charge in [0.05, 0.1) is 11.9 Å². The van der Waals surface area contributed by atoms with E-state index in [1.165, 1.54) is 4.90 Å². The molecule has 0 saturated heterocycles. The van der Waals surface area contributed by atoms with E-state index in [1.807, 2.05) is 32.0 Å². The van der Waals surface area contributed by atoms with Crippen molar-refractivity contribution in [3.8, 4) is 11.5 Å². The molecule has 0 radical (unpaired) electrons. The zero-order valence-corrected chi connectivity index (χ0v) is 23.4. The van der Waals surface area contributed by atoms with Gasteiger partial charge in [0.2, 0.25) is 21.8 Å². The van der Waals surface area contributed by atoms with Gasteiger partial charge in [0.15, 0.2) is 0 Å². The molecule has 0 spiro atoms. The van der Waals surface area contributed by atoms with E-state index in [0.29, 0.717) is 27.8 Å². The monoisotopic (exact) mass is 557 g/mol. The number of benzene rings is 3. The first-order valence-corrected chi connectivity index (χ1v) is 14.3. The summed E-state index contributed by atoms with van der Waals surface area (Å²) in [5, 5.41) is 3.25. The van der Waals surface area contributed by atoms with Crippen LogP contribution in [0.25, 0.3) is 0 Å². The number of ether oxygens (including phenoxy) is 1. The number of hydrogen-bond acceptors (Lipinski definition) is 5. The lowest BCUT2D eigenvalue weighted by atomic mass is 10.1. The smallest absolute Gasteiger partial charge is 0.244 e. The molecule has 10 heteroatoms. The molecular weight excluding hydrogens is 526 g/mol. The van der Waals surface area contributed by atoms with Gasteiger partial charge in [0, 0.05) is 17.6 Å². The van der Waals surface area contributed by atoms with Gasteiger partial charge in [-0.25, -0.2) is 8.42 Å². The molecule has 0 aliphatic rings. The van der Waals surface area contributed by atoms with E-state index in [4.69, 9.17) is 16.3 Å². The van der Waals surface area contributed by atoms with Crippen molar-refractivity contribution in [2.75, 3.05) is 17.1 Å². The molecule has 3 aromatic carbocycles. The Balaban J connectivity index is 1.87. The first kappa shape index (κ1) is 29.0. The Labute approximate surface area is 229 Å². The van der Waals surface area contributed by atoms with Crippen molar-refractivity contribution in [3.63, 3.8) is 0 Å². The highest BCUT2D eigenvalue weighted by Gasteiger charge is 2.30. The molecule has 0 heterocycles. The Bertz CT molecular complexity index is 1350. The normalized spacial score (nSPS) is 12.1. The molecule has 1 unspecified atom stereocenters. The number of amides is 2. The molecule has 0 aromatic heterocycles. The summed E-state index contributed by atoms with van der Waals surface area (Å²) in [5.41, 5.74) is 0.929. The second-order valence-corrected chi connectivity index (χ2v) is 11.4. The molecular formula is C28H32ClN3O5S. The van der Waals surface area contributed by atoms with Gasteiger partial charge in [-0.2, -0.15) is 0 Å². The van der Waals surface area contributed by atoms with E-state index in [-0.39, 0.29) is 18.5 Å². The number of rotatable bonds is 11. The quantitative estimate of drug-likeness (QED) is 0.364. The summed E-state index contributed by atoms with van der Waals surface area (Å²) in [6.07, 6.45) is 1.03. The lowest BCUT2D eigenvalue weighted by Gasteiger charge is -2.32. The first-order chi connectivity index (χ1) is 18.0. The second-order valence-electron chi connectivity index (χ2n) is 9.13. The van der Waals surface area contributed by atoms with E-state index >= 15 is 0 Å². The fourth-order valence-electron chi connectivity index (χ4n) is 3.72. The SMILES string of the molecule is CC(C)NC(=O)C(C)N(Cc1ccccc1Cl)C(=O)CN(c1ccc(Oc2ccccc2)cc1)S(C)(=O)=O. The molecule has 1 N–H and O–H groups in total. The average molecular weight is 558 g/mol. The molecule has 202 valence electrons. The predicted molar refractivity (Wildman–Crippen MR) is 150 cm³/mol. The summed E-state index contributed by atoms with van der Waals surface area (Å²) in [6, 6.07) is 21.6. The number of halogens is 1. The van der Waals surface area contributed by atoms with Crippen LogP contribution < -0.4 is 14.4 Å². The highest BCUT2D eigenvalue weighted by Crippen LogP contribution is 2.26. The number of carbonyl (C=O) groups excluding carboxylic acids is 2. The maximum absolute atomic E-state index is 13.6.